The maximum atomic E-state index is 13.4. The first-order chi connectivity index (χ1) is 17.2. The van der Waals surface area contributed by atoms with Gasteiger partial charge in [0.15, 0.2) is 11.5 Å². The average molecular weight is 532 g/mol. The number of aryl methyl sites for hydroxylation is 1. The van der Waals surface area contributed by atoms with Crippen LogP contribution in [0.5, 0.6) is 17.2 Å². The highest BCUT2D eigenvalue weighted by atomic mass is 35.5. The van der Waals surface area contributed by atoms with E-state index in [0.29, 0.717) is 22.8 Å². The molecule has 0 aliphatic heterocycles. The molecule has 3 aromatic rings. The van der Waals surface area contributed by atoms with E-state index in [4.69, 9.17) is 25.8 Å². The topological polar surface area (TPSA) is 107 Å². The van der Waals surface area contributed by atoms with Gasteiger partial charge in [-0.05, 0) is 43.3 Å². The zero-order valence-corrected chi connectivity index (χ0v) is 21.8. The molecule has 0 aliphatic carbocycles. The van der Waals surface area contributed by atoms with E-state index in [1.54, 1.807) is 42.5 Å². The lowest BCUT2D eigenvalue weighted by Crippen LogP contribution is -2.39. The van der Waals surface area contributed by atoms with Crippen molar-refractivity contribution in [3.05, 3.63) is 76.8 Å². The summed E-state index contributed by atoms with van der Waals surface area (Å²) >= 11 is 6.29. The van der Waals surface area contributed by atoms with Gasteiger partial charge in [0.05, 0.1) is 43.1 Å². The molecular weight excluding hydrogens is 506 g/mol. The minimum absolute atomic E-state index is 0.0294. The maximum absolute atomic E-state index is 13.4. The van der Waals surface area contributed by atoms with Gasteiger partial charge in [-0.1, -0.05) is 41.4 Å². The number of ether oxygens (including phenoxy) is 3. The number of sulfonamides is 1. The quantitative estimate of drug-likeness (QED) is 0.313. The summed E-state index contributed by atoms with van der Waals surface area (Å²) < 4.78 is 43.7. The number of halogens is 1. The van der Waals surface area contributed by atoms with Crippen LogP contribution in [-0.4, -0.2) is 48.4 Å². The number of hydrogen-bond donors (Lipinski definition) is 1. The Hall–Kier alpha value is -3.76. The summed E-state index contributed by atoms with van der Waals surface area (Å²) in [5, 5.41) is 4.13. The predicted octanol–water partition coefficient (Wildman–Crippen LogP) is 4.02. The fraction of sp³-hybridized carbons (Fsp3) is 0.200. The standard InChI is InChI=1S/C25H26ClN3O6S/c1-17-9-11-19(12-10-17)36(31,32)29(21-8-6-5-7-20(21)26)16-24(30)28-27-15-18-13-22(33-2)25(35-4)23(14-18)34-3/h5-15H,16H2,1-4H3,(H,28,30)/b27-15-. The Morgan fingerprint density at radius 1 is 1.00 bits per heavy atom. The fourth-order valence-electron chi connectivity index (χ4n) is 3.31. The molecule has 9 nitrogen and oxygen atoms in total. The van der Waals surface area contributed by atoms with Crippen molar-refractivity contribution >= 4 is 39.4 Å². The highest BCUT2D eigenvalue weighted by Crippen LogP contribution is 2.37. The first kappa shape index (κ1) is 26.8. The highest BCUT2D eigenvalue weighted by molar-refractivity contribution is 7.92. The molecule has 0 spiro atoms. The van der Waals surface area contributed by atoms with Gasteiger partial charge in [0, 0.05) is 5.56 Å². The van der Waals surface area contributed by atoms with Crippen LogP contribution in [0.4, 0.5) is 5.69 Å². The van der Waals surface area contributed by atoms with Crippen molar-refractivity contribution in [3.63, 3.8) is 0 Å². The van der Waals surface area contributed by atoms with E-state index in [1.807, 2.05) is 6.92 Å². The van der Waals surface area contributed by atoms with Crippen LogP contribution in [0.1, 0.15) is 11.1 Å². The normalized spacial score (nSPS) is 11.2. The van der Waals surface area contributed by atoms with Crippen molar-refractivity contribution in [2.45, 2.75) is 11.8 Å². The summed E-state index contributed by atoms with van der Waals surface area (Å²) in [6, 6.07) is 16.0. The van der Waals surface area contributed by atoms with Crippen LogP contribution >= 0.6 is 11.6 Å². The lowest BCUT2D eigenvalue weighted by molar-refractivity contribution is -0.119. The zero-order valence-electron chi connectivity index (χ0n) is 20.2. The Morgan fingerprint density at radius 3 is 2.17 bits per heavy atom. The minimum atomic E-state index is -4.10. The molecular formula is C25H26ClN3O6S. The smallest absolute Gasteiger partial charge is 0.264 e. The number of carbonyl (C=O) groups excluding carboxylic acids is 1. The Labute approximate surface area is 215 Å². The predicted molar refractivity (Wildman–Crippen MR) is 139 cm³/mol. The van der Waals surface area contributed by atoms with Gasteiger partial charge < -0.3 is 14.2 Å². The van der Waals surface area contributed by atoms with Gasteiger partial charge in [0.1, 0.15) is 6.54 Å². The molecule has 3 rings (SSSR count). The molecule has 36 heavy (non-hydrogen) atoms. The van der Waals surface area contributed by atoms with Gasteiger partial charge in [-0.2, -0.15) is 5.10 Å². The minimum Gasteiger partial charge on any atom is -0.493 e. The SMILES string of the molecule is COc1cc(/C=N\NC(=O)CN(c2ccccc2Cl)S(=O)(=O)c2ccc(C)cc2)cc(OC)c1OC. The van der Waals surface area contributed by atoms with Gasteiger partial charge in [-0.25, -0.2) is 13.8 Å². The van der Waals surface area contributed by atoms with Gasteiger partial charge in [0.2, 0.25) is 5.75 Å². The van der Waals surface area contributed by atoms with Crippen LogP contribution in [0.25, 0.3) is 0 Å². The van der Waals surface area contributed by atoms with E-state index in [0.717, 1.165) is 9.87 Å². The molecule has 0 atom stereocenters. The van der Waals surface area contributed by atoms with Crippen LogP contribution in [0.2, 0.25) is 5.02 Å². The van der Waals surface area contributed by atoms with Crippen molar-refractivity contribution in [1.82, 2.24) is 5.43 Å². The molecule has 0 bridgehead atoms. The molecule has 0 radical (unpaired) electrons. The second-order valence-corrected chi connectivity index (χ2v) is 9.80. The summed E-state index contributed by atoms with van der Waals surface area (Å²) in [5.41, 5.74) is 3.98. The van der Waals surface area contributed by atoms with E-state index >= 15 is 0 Å². The first-order valence-electron chi connectivity index (χ1n) is 10.7. The van der Waals surface area contributed by atoms with Crippen LogP contribution in [-0.2, 0) is 14.8 Å². The summed E-state index contributed by atoms with van der Waals surface area (Å²) in [4.78, 5) is 12.8. The third kappa shape index (κ3) is 6.07. The number of nitrogens with one attached hydrogen (secondary N) is 1. The van der Waals surface area contributed by atoms with Crippen LogP contribution in [0, 0.1) is 6.92 Å². The molecule has 0 saturated carbocycles. The molecule has 1 amide bonds. The number of rotatable bonds is 10. The van der Waals surface area contributed by atoms with Crippen molar-refractivity contribution in [3.8, 4) is 17.2 Å². The second-order valence-electron chi connectivity index (χ2n) is 7.53. The Kier molecular flexibility index (Phi) is 8.78. The van der Waals surface area contributed by atoms with Crippen LogP contribution in [0.3, 0.4) is 0 Å². The van der Waals surface area contributed by atoms with Crippen molar-refractivity contribution in [2.75, 3.05) is 32.2 Å². The summed E-state index contributed by atoms with van der Waals surface area (Å²) in [5.74, 6) is 0.574. The summed E-state index contributed by atoms with van der Waals surface area (Å²) in [7, 11) is 0.356. The van der Waals surface area contributed by atoms with Crippen molar-refractivity contribution in [1.29, 1.82) is 0 Å². The number of anilines is 1. The molecule has 1 N–H and O–H groups in total. The largest absolute Gasteiger partial charge is 0.493 e. The molecule has 0 unspecified atom stereocenters. The summed E-state index contributed by atoms with van der Waals surface area (Å²) in [6.45, 7) is 1.30. The molecule has 0 fully saturated rings. The fourth-order valence-corrected chi connectivity index (χ4v) is 5.04. The zero-order chi connectivity index (χ0) is 26.3. The van der Waals surface area contributed by atoms with Gasteiger partial charge in [0.25, 0.3) is 15.9 Å². The number of benzene rings is 3. The Balaban J connectivity index is 1.85. The molecule has 0 saturated heterocycles. The van der Waals surface area contributed by atoms with Gasteiger partial charge in [-0.15, -0.1) is 0 Å². The number of methoxy groups -OCH3 is 3. The average Bonchev–Trinajstić information content (AvgIpc) is 2.87. The van der Waals surface area contributed by atoms with Crippen molar-refractivity contribution in [2.24, 2.45) is 5.10 Å². The number of nitrogens with zero attached hydrogens (tertiary/aromatic N) is 2. The van der Waals surface area contributed by atoms with Gasteiger partial charge in [-0.3, -0.25) is 9.10 Å². The second kappa shape index (κ2) is 11.8. The lowest BCUT2D eigenvalue weighted by atomic mass is 10.2. The third-order valence-electron chi connectivity index (χ3n) is 5.11. The Morgan fingerprint density at radius 2 is 1.61 bits per heavy atom. The molecule has 11 heteroatoms. The van der Waals surface area contributed by atoms with E-state index in [1.165, 1.54) is 45.7 Å². The molecule has 0 aliphatic rings. The van der Waals surface area contributed by atoms with E-state index in [2.05, 4.69) is 10.5 Å². The first-order valence-corrected chi connectivity index (χ1v) is 12.5. The number of para-hydroxylation sites is 1. The lowest BCUT2D eigenvalue weighted by Gasteiger charge is -2.24. The molecule has 3 aromatic carbocycles. The summed E-state index contributed by atoms with van der Waals surface area (Å²) in [6.07, 6.45) is 1.37. The maximum Gasteiger partial charge on any atom is 0.264 e. The molecule has 0 heterocycles. The Bertz CT molecular complexity index is 1340. The number of hydrogen-bond acceptors (Lipinski definition) is 7. The monoisotopic (exact) mass is 531 g/mol. The molecule has 0 aromatic heterocycles. The van der Waals surface area contributed by atoms with Crippen molar-refractivity contribution < 1.29 is 27.4 Å². The van der Waals surface area contributed by atoms with Gasteiger partial charge >= 0.3 is 0 Å². The van der Waals surface area contributed by atoms with E-state index in [-0.39, 0.29) is 15.6 Å². The van der Waals surface area contributed by atoms with E-state index < -0.39 is 22.5 Å². The number of amides is 1. The number of carbonyl (C=O) groups is 1. The van der Waals surface area contributed by atoms with Crippen LogP contribution < -0.4 is 23.9 Å². The third-order valence-corrected chi connectivity index (χ3v) is 7.20. The number of hydrazone groups is 1. The highest BCUT2D eigenvalue weighted by Gasteiger charge is 2.28. The van der Waals surface area contributed by atoms with Crippen LogP contribution in [0.15, 0.2) is 70.7 Å². The molecule has 190 valence electrons. The van der Waals surface area contributed by atoms with E-state index in [9.17, 15) is 13.2 Å².